The number of benzene rings is 1. The van der Waals surface area contributed by atoms with Crippen molar-refractivity contribution in [2.45, 2.75) is 51.4 Å². The van der Waals surface area contributed by atoms with Crippen LogP contribution in [0.5, 0.6) is 0 Å². The number of fused-ring (bicyclic) bond motifs is 1. The normalized spacial score (nSPS) is 16.6. The Morgan fingerprint density at radius 1 is 1.08 bits per heavy atom. The van der Waals surface area contributed by atoms with Crippen molar-refractivity contribution in [1.29, 1.82) is 0 Å². The zero-order valence-electron chi connectivity index (χ0n) is 21.5. The van der Waals surface area contributed by atoms with Crippen molar-refractivity contribution in [1.82, 2.24) is 29.5 Å². The third-order valence-electron chi connectivity index (χ3n) is 7.87. The number of aromatic amines is 1. The Morgan fingerprint density at radius 3 is 2.55 bits per heavy atom. The maximum Gasteiger partial charge on any atom is 0.273 e. The fraction of sp³-hybridized carbons (Fsp3) is 0.414. The predicted molar refractivity (Wildman–Crippen MR) is 143 cm³/mol. The van der Waals surface area contributed by atoms with E-state index in [-0.39, 0.29) is 28.6 Å². The molecule has 8 nitrogen and oxygen atoms in total. The summed E-state index contributed by atoms with van der Waals surface area (Å²) in [7, 11) is 0. The molecule has 1 aliphatic heterocycles. The third kappa shape index (κ3) is 4.40. The van der Waals surface area contributed by atoms with Crippen LogP contribution in [0.25, 0.3) is 28.4 Å². The van der Waals surface area contributed by atoms with Gasteiger partial charge in [-0.2, -0.15) is 0 Å². The minimum Gasteiger partial charge on any atom is -0.338 e. The minimum atomic E-state index is -0.467. The molecule has 2 aliphatic rings. The summed E-state index contributed by atoms with van der Waals surface area (Å²) in [6.07, 6.45) is 8.60. The zero-order chi connectivity index (χ0) is 26.2. The molecule has 1 aliphatic carbocycles. The standard InChI is InChI=1S/C29H31FN6O2/c1-2-22-12-13-31-27(32-22)26-25(29(38)35-16-18(15-30)17-35)28-33-23(14-24(37)36(28)34-26)21-10-8-20(9-11-21)19-6-4-3-5-7-19/h8-14,18-19,34H,2-7,15-17H2,1H3. The number of carbonyl (C=O) groups is 1. The number of aromatic nitrogens is 5. The van der Waals surface area contributed by atoms with E-state index in [2.05, 4.69) is 27.2 Å². The van der Waals surface area contributed by atoms with E-state index in [0.29, 0.717) is 42.6 Å². The van der Waals surface area contributed by atoms with E-state index in [1.165, 1.54) is 48.2 Å². The van der Waals surface area contributed by atoms with Gasteiger partial charge in [0.25, 0.3) is 11.5 Å². The summed E-state index contributed by atoms with van der Waals surface area (Å²) in [5.41, 5.74) is 3.90. The second-order valence-corrected chi connectivity index (χ2v) is 10.4. The van der Waals surface area contributed by atoms with Crippen molar-refractivity contribution in [3.8, 4) is 22.8 Å². The molecule has 4 aromatic rings. The molecule has 0 bridgehead atoms. The van der Waals surface area contributed by atoms with Gasteiger partial charge in [-0.05, 0) is 36.8 Å². The SMILES string of the molecule is CCc1ccnc(-c2[nH]n3c(=O)cc(-c4ccc(C5CCCCC5)cc4)nc3c2C(=O)N2CC(CF)C2)n1. The number of aryl methyl sites for hydroxylation is 1. The first-order valence-corrected chi connectivity index (χ1v) is 13.5. The largest absolute Gasteiger partial charge is 0.338 e. The maximum atomic E-state index is 13.7. The first kappa shape index (κ1) is 24.5. The fourth-order valence-corrected chi connectivity index (χ4v) is 5.62. The first-order chi connectivity index (χ1) is 18.6. The number of rotatable bonds is 6. The molecule has 38 heavy (non-hydrogen) atoms. The molecule has 3 aromatic heterocycles. The van der Waals surface area contributed by atoms with Crippen molar-refractivity contribution in [2.75, 3.05) is 19.8 Å². The monoisotopic (exact) mass is 514 g/mol. The van der Waals surface area contributed by atoms with Gasteiger partial charge in [0.1, 0.15) is 11.3 Å². The van der Waals surface area contributed by atoms with E-state index >= 15 is 0 Å². The number of carbonyl (C=O) groups excluding carboxylic acids is 1. The number of hydrogen-bond donors (Lipinski definition) is 1. The van der Waals surface area contributed by atoms with Crippen LogP contribution in [0.3, 0.4) is 0 Å². The molecule has 1 saturated carbocycles. The molecule has 6 rings (SSSR count). The van der Waals surface area contributed by atoms with Crippen LogP contribution in [0.4, 0.5) is 4.39 Å². The van der Waals surface area contributed by atoms with Crippen LogP contribution >= 0.6 is 0 Å². The lowest BCUT2D eigenvalue weighted by Crippen LogP contribution is -2.50. The average molecular weight is 515 g/mol. The molecule has 1 N–H and O–H groups in total. The van der Waals surface area contributed by atoms with Gasteiger partial charge in [-0.3, -0.25) is 19.1 Å². The molecule has 1 aromatic carbocycles. The van der Waals surface area contributed by atoms with E-state index in [4.69, 9.17) is 4.98 Å². The van der Waals surface area contributed by atoms with E-state index in [9.17, 15) is 14.0 Å². The molecule has 1 amide bonds. The molecule has 0 spiro atoms. The molecule has 9 heteroatoms. The Labute approximate surface area is 219 Å². The quantitative estimate of drug-likeness (QED) is 0.399. The van der Waals surface area contributed by atoms with Gasteiger partial charge in [0.2, 0.25) is 0 Å². The molecule has 0 radical (unpaired) electrons. The molecular formula is C29H31FN6O2. The summed E-state index contributed by atoms with van der Waals surface area (Å²) in [6.45, 7) is 2.17. The van der Waals surface area contributed by atoms with Crippen molar-refractivity contribution in [3.05, 3.63) is 69.8 Å². The molecule has 1 saturated heterocycles. The number of H-pyrrole nitrogens is 1. The van der Waals surface area contributed by atoms with E-state index < -0.39 is 6.67 Å². The molecule has 0 atom stereocenters. The lowest BCUT2D eigenvalue weighted by molar-refractivity contribution is 0.0455. The van der Waals surface area contributed by atoms with Gasteiger partial charge in [0, 0.05) is 42.5 Å². The van der Waals surface area contributed by atoms with Gasteiger partial charge in [0.15, 0.2) is 11.5 Å². The van der Waals surface area contributed by atoms with Crippen LogP contribution in [0, 0.1) is 5.92 Å². The molecule has 0 unspecified atom stereocenters. The summed E-state index contributed by atoms with van der Waals surface area (Å²) in [6, 6.07) is 11.6. The van der Waals surface area contributed by atoms with E-state index in [0.717, 1.165) is 11.3 Å². The van der Waals surface area contributed by atoms with E-state index in [1.807, 2.05) is 25.1 Å². The highest BCUT2D eigenvalue weighted by Crippen LogP contribution is 2.34. The van der Waals surface area contributed by atoms with Gasteiger partial charge in [-0.15, -0.1) is 0 Å². The summed E-state index contributed by atoms with van der Waals surface area (Å²) >= 11 is 0. The van der Waals surface area contributed by atoms with Crippen LogP contribution in [0.15, 0.2) is 47.4 Å². The summed E-state index contributed by atoms with van der Waals surface area (Å²) in [5.74, 6) is 0.421. The van der Waals surface area contributed by atoms with E-state index in [1.54, 1.807) is 11.1 Å². The fourth-order valence-electron chi connectivity index (χ4n) is 5.62. The Morgan fingerprint density at radius 2 is 1.84 bits per heavy atom. The number of likely N-dealkylation sites (tertiary alicyclic amines) is 1. The Balaban J connectivity index is 1.45. The van der Waals surface area contributed by atoms with Crippen molar-refractivity contribution in [3.63, 3.8) is 0 Å². The minimum absolute atomic E-state index is 0.166. The average Bonchev–Trinajstić information content (AvgIpc) is 3.33. The van der Waals surface area contributed by atoms with Gasteiger partial charge >= 0.3 is 0 Å². The number of hydrogen-bond acceptors (Lipinski definition) is 5. The van der Waals surface area contributed by atoms with Gasteiger partial charge < -0.3 is 4.90 Å². The van der Waals surface area contributed by atoms with Crippen LogP contribution < -0.4 is 5.56 Å². The highest BCUT2D eigenvalue weighted by atomic mass is 19.1. The van der Waals surface area contributed by atoms with Gasteiger partial charge in [-0.1, -0.05) is 50.5 Å². The number of amides is 1. The van der Waals surface area contributed by atoms with Crippen LogP contribution in [-0.2, 0) is 6.42 Å². The molecule has 196 valence electrons. The Bertz CT molecular complexity index is 1530. The zero-order valence-corrected chi connectivity index (χ0v) is 21.5. The van der Waals surface area contributed by atoms with Gasteiger partial charge in [-0.25, -0.2) is 19.5 Å². The lowest BCUT2D eigenvalue weighted by atomic mass is 9.84. The topological polar surface area (TPSA) is 96.2 Å². The second kappa shape index (κ2) is 10.1. The number of nitrogens with zero attached hydrogens (tertiary/aromatic N) is 5. The number of alkyl halides is 1. The first-order valence-electron chi connectivity index (χ1n) is 13.5. The van der Waals surface area contributed by atoms with Crippen molar-refractivity contribution >= 4 is 11.6 Å². The number of halogens is 1. The number of nitrogens with one attached hydrogen (secondary N) is 1. The Hall–Kier alpha value is -3.88. The highest BCUT2D eigenvalue weighted by molar-refractivity contribution is 6.05. The molecule has 2 fully saturated rings. The van der Waals surface area contributed by atoms with Crippen LogP contribution in [0.2, 0.25) is 0 Å². The van der Waals surface area contributed by atoms with Crippen molar-refractivity contribution in [2.24, 2.45) is 5.92 Å². The third-order valence-corrected chi connectivity index (χ3v) is 7.87. The molecular weight excluding hydrogens is 483 g/mol. The highest BCUT2D eigenvalue weighted by Gasteiger charge is 2.35. The van der Waals surface area contributed by atoms with Crippen molar-refractivity contribution < 1.29 is 9.18 Å². The Kier molecular flexibility index (Phi) is 6.51. The lowest BCUT2D eigenvalue weighted by Gasteiger charge is -2.37. The summed E-state index contributed by atoms with van der Waals surface area (Å²) in [5, 5.41) is 3.04. The molecule has 4 heterocycles. The predicted octanol–water partition coefficient (Wildman–Crippen LogP) is 4.80. The summed E-state index contributed by atoms with van der Waals surface area (Å²) < 4.78 is 14.4. The summed E-state index contributed by atoms with van der Waals surface area (Å²) in [4.78, 5) is 42.3. The van der Waals surface area contributed by atoms with Crippen LogP contribution in [0.1, 0.15) is 66.6 Å². The van der Waals surface area contributed by atoms with Crippen LogP contribution in [-0.4, -0.2) is 55.1 Å². The second-order valence-electron chi connectivity index (χ2n) is 10.4. The maximum absolute atomic E-state index is 13.7. The van der Waals surface area contributed by atoms with Gasteiger partial charge in [0.05, 0.1) is 12.4 Å². The smallest absolute Gasteiger partial charge is 0.273 e.